The van der Waals surface area contributed by atoms with Crippen LogP contribution >= 0.6 is 0 Å². The lowest BCUT2D eigenvalue weighted by atomic mass is 10.0. The van der Waals surface area contributed by atoms with Crippen LogP contribution in [-0.4, -0.2) is 79.8 Å². The van der Waals surface area contributed by atoms with Crippen LogP contribution in [0.15, 0.2) is 57.9 Å². The predicted molar refractivity (Wildman–Crippen MR) is 149 cm³/mol. The number of hydrogen-bond donors (Lipinski definition) is 2. The number of fused-ring (bicyclic) bond motifs is 2. The maximum absolute atomic E-state index is 14.5. The fourth-order valence-electron chi connectivity index (χ4n) is 4.49. The van der Waals surface area contributed by atoms with Crippen molar-refractivity contribution in [3.63, 3.8) is 0 Å². The summed E-state index contributed by atoms with van der Waals surface area (Å²) in [5, 5.41) is 17.0. The first-order chi connectivity index (χ1) is 25.5. The van der Waals surface area contributed by atoms with Gasteiger partial charge in [-0.1, -0.05) is 49.2 Å². The molecule has 41 heavy (non-hydrogen) atoms. The maximum atomic E-state index is 14.5. The van der Waals surface area contributed by atoms with E-state index in [1.54, 1.807) is 18.2 Å². The quantitative estimate of drug-likeness (QED) is 0.338. The molecule has 0 unspecified atom stereocenters. The van der Waals surface area contributed by atoms with Crippen LogP contribution in [0.4, 0.5) is 4.79 Å². The second-order valence-corrected chi connectivity index (χ2v) is 11.2. The average Bonchev–Trinajstić information content (AvgIpc) is 3.76. The molecule has 3 aromatic rings. The van der Waals surface area contributed by atoms with Crippen molar-refractivity contribution >= 4 is 27.1 Å². The molecule has 2 aliphatic heterocycles. The number of aromatic nitrogens is 1. The highest BCUT2D eigenvalue weighted by Gasteiger charge is 2.44. The van der Waals surface area contributed by atoms with Crippen molar-refractivity contribution in [1.29, 1.82) is 0 Å². The van der Waals surface area contributed by atoms with Crippen LogP contribution in [0.1, 0.15) is 51.9 Å². The summed E-state index contributed by atoms with van der Waals surface area (Å²) in [7, 11) is -5.61. The zero-order valence-electron chi connectivity index (χ0n) is 36.4. The monoisotopic (exact) mass is 602 g/mol. The Hall–Kier alpha value is -3.03. The Morgan fingerprint density at radius 2 is 2.17 bits per heavy atom. The first-order valence-electron chi connectivity index (χ1n) is 19.9. The number of hydrogen-bond acceptors (Lipinski definition) is 9. The number of nitrogens with one attached hydrogen (secondary N) is 1. The van der Waals surface area contributed by atoms with Gasteiger partial charge in [-0.3, -0.25) is 0 Å². The molecule has 2 aromatic carbocycles. The van der Waals surface area contributed by atoms with E-state index in [0.29, 0.717) is 11.6 Å². The number of sulfonamides is 1. The predicted octanol–water partition coefficient (Wildman–Crippen LogP) is 3.24. The van der Waals surface area contributed by atoms with E-state index in [1.165, 1.54) is 12.1 Å². The van der Waals surface area contributed by atoms with Crippen LogP contribution < -0.4 is 5.32 Å². The molecule has 11 nitrogen and oxygen atoms in total. The minimum Gasteiger partial charge on any atom is -0.443 e. The molecule has 3 heterocycles. The molecule has 5 rings (SSSR count). The number of ether oxygens (including phenoxy) is 3. The minimum absolute atomic E-state index is 0.0597. The summed E-state index contributed by atoms with van der Waals surface area (Å²) in [4.78, 5) is 12.5. The molecule has 0 bridgehead atoms. The van der Waals surface area contributed by atoms with E-state index < -0.39 is 115 Å². The van der Waals surface area contributed by atoms with Crippen LogP contribution in [-0.2, 0) is 30.7 Å². The summed E-state index contributed by atoms with van der Waals surface area (Å²) < 4.78 is 172. The van der Waals surface area contributed by atoms with E-state index in [1.807, 2.05) is 0 Å². The largest absolute Gasteiger partial charge is 0.443 e. The normalized spacial score (nSPS) is 32.2. The lowest BCUT2D eigenvalue weighted by Crippen LogP contribution is -2.51. The van der Waals surface area contributed by atoms with Gasteiger partial charge in [-0.25, -0.2) is 13.2 Å². The zero-order chi connectivity index (χ0) is 42.1. The number of alkyl carbamates (subject to hydrolysis) is 1. The molecule has 0 saturated carbocycles. The van der Waals surface area contributed by atoms with Gasteiger partial charge in [0.25, 0.3) is 0 Å². The van der Waals surface area contributed by atoms with E-state index in [-0.39, 0.29) is 22.9 Å². The van der Waals surface area contributed by atoms with Crippen LogP contribution in [0.2, 0.25) is 0 Å². The summed E-state index contributed by atoms with van der Waals surface area (Å²) >= 11 is 0. The lowest BCUT2D eigenvalue weighted by molar-refractivity contribution is -0.0907. The molecule has 0 radical (unpaired) electrons. The van der Waals surface area contributed by atoms with Crippen LogP contribution in [0, 0.1) is 18.7 Å². The summed E-state index contributed by atoms with van der Waals surface area (Å²) in [6.07, 6.45) is -8.07. The highest BCUT2D eigenvalue weighted by molar-refractivity contribution is 7.89. The van der Waals surface area contributed by atoms with Crippen LogP contribution in [0.25, 0.3) is 11.0 Å². The van der Waals surface area contributed by atoms with E-state index in [4.69, 9.17) is 39.3 Å². The van der Waals surface area contributed by atoms with Gasteiger partial charge in [-0.15, -0.1) is 0 Å². The third kappa shape index (κ3) is 6.73. The van der Waals surface area contributed by atoms with Crippen LogP contribution in [0.3, 0.4) is 0 Å². The van der Waals surface area contributed by atoms with E-state index in [2.05, 4.69) is 10.5 Å². The molecular weight excluding hydrogens is 550 g/mol. The maximum Gasteiger partial charge on any atom is 0.407 e. The number of rotatable bonds is 11. The molecule has 2 saturated heterocycles. The molecule has 2 fully saturated rings. The number of carbonyl (C=O) groups is 1. The Morgan fingerprint density at radius 1 is 1.34 bits per heavy atom. The number of amides is 1. The van der Waals surface area contributed by atoms with E-state index >= 15 is 0 Å². The number of aliphatic hydroxyl groups is 1. The van der Waals surface area contributed by atoms with E-state index in [9.17, 15) is 18.3 Å². The molecular formula is C29H37N3O8S. The van der Waals surface area contributed by atoms with Crippen molar-refractivity contribution in [1.82, 2.24) is 14.8 Å². The fourth-order valence-corrected chi connectivity index (χ4v) is 5.81. The van der Waals surface area contributed by atoms with Gasteiger partial charge < -0.3 is 29.2 Å². The average molecular weight is 603 g/mol. The SMILES string of the molecule is [2H]C([2H])([2H])c1noc2ccc(S(=O)(=O)N(C[C@@H](O)[C@H](Cc3ccccc3)NC(=O)O[C@]3([2H])[C@@H]4CCO[C@@H]4OC3([2H])[2H])C([2H])([2H])C([2H])(C([2H])([2H])[2H])C([2H])([2H])[2H])cc12. The first-order valence-corrected chi connectivity index (χ1v) is 13.9. The zero-order valence-corrected chi connectivity index (χ0v) is 22.2. The van der Waals surface area contributed by atoms with Gasteiger partial charge in [-0.05, 0) is 49.4 Å². The van der Waals surface area contributed by atoms with Crippen molar-refractivity contribution in [2.75, 3.05) is 26.2 Å². The van der Waals surface area contributed by atoms with Crippen molar-refractivity contribution in [2.45, 2.75) is 62.8 Å². The van der Waals surface area contributed by atoms with Crippen molar-refractivity contribution < 1.29 is 57.6 Å². The molecule has 0 aliphatic carbocycles. The van der Waals surface area contributed by atoms with Crippen molar-refractivity contribution in [3.8, 4) is 0 Å². The Bertz CT molecular complexity index is 2010. The summed E-state index contributed by atoms with van der Waals surface area (Å²) in [6, 6.07) is 8.50. The third-order valence-corrected chi connectivity index (χ3v) is 8.21. The number of carbonyl (C=O) groups excluding carboxylic acids is 1. The molecule has 222 valence electrons. The number of benzene rings is 2. The van der Waals surface area contributed by atoms with Gasteiger partial charge in [-0.2, -0.15) is 4.31 Å². The van der Waals surface area contributed by atoms with Gasteiger partial charge in [0.2, 0.25) is 10.0 Å². The summed E-state index contributed by atoms with van der Waals surface area (Å²) in [5.74, 6) is -5.34. The smallest absolute Gasteiger partial charge is 0.407 e. The van der Waals surface area contributed by atoms with Gasteiger partial charge in [0.05, 0.1) is 45.9 Å². The van der Waals surface area contributed by atoms with Crippen molar-refractivity contribution in [2.24, 2.45) is 11.8 Å². The standard InChI is InChI=1S/C29H37N3O8S/c1-18(2)15-32(41(35,36)21-9-10-26-23(14-21)19(3)31-40-26)16-25(33)24(13-20-7-5-4-6-8-20)30-29(34)39-27-17-38-28-22(27)11-12-37-28/h4-10,14,18,22,24-25,27-28,33H,11-13,15-17H2,1-3H3,(H,30,34)/t22-,24-,25+,27-,28+/m0/s1/i1D3,2D3,3D3,15D2,17D2,18D,27D. The molecule has 1 aromatic heterocycles. The fraction of sp³-hybridized carbons (Fsp3) is 0.517. The number of aryl methyl sites for hydroxylation is 1. The third-order valence-electron chi connectivity index (χ3n) is 6.54. The van der Waals surface area contributed by atoms with Gasteiger partial charge >= 0.3 is 6.09 Å². The molecule has 12 heteroatoms. The molecule has 2 N–H and O–H groups in total. The Labute approximate surface area is 260 Å². The Balaban J connectivity index is 1.60. The van der Waals surface area contributed by atoms with E-state index in [0.717, 1.165) is 12.1 Å². The molecule has 5 atom stereocenters. The molecule has 0 spiro atoms. The van der Waals surface area contributed by atoms with Crippen molar-refractivity contribution in [3.05, 3.63) is 59.8 Å². The van der Waals surface area contributed by atoms with Gasteiger partial charge in [0, 0.05) is 34.9 Å². The topological polar surface area (TPSA) is 140 Å². The molecule has 2 aliphatic rings. The summed E-state index contributed by atoms with van der Waals surface area (Å²) in [6.45, 7) is -19.7. The first kappa shape index (κ1) is 16.0. The lowest BCUT2D eigenvalue weighted by Gasteiger charge is -2.31. The van der Waals surface area contributed by atoms with Gasteiger partial charge in [0.15, 0.2) is 11.9 Å². The number of nitrogens with zero attached hydrogens (tertiary/aromatic N) is 2. The second-order valence-electron chi connectivity index (χ2n) is 9.33. The highest BCUT2D eigenvalue weighted by atomic mass is 32.2. The van der Waals surface area contributed by atoms with Crippen LogP contribution in [0.5, 0.6) is 0 Å². The minimum atomic E-state index is -5.61. The second kappa shape index (κ2) is 12.5. The Morgan fingerprint density at radius 3 is 2.95 bits per heavy atom. The summed E-state index contributed by atoms with van der Waals surface area (Å²) in [5.41, 5.74) is -0.562. The van der Waals surface area contributed by atoms with Gasteiger partial charge in [0.1, 0.15) is 6.08 Å². The Kier molecular flexibility index (Phi) is 4.86. The number of aliphatic hydroxyl groups excluding tert-OH is 1. The highest BCUT2D eigenvalue weighted by Crippen LogP contribution is 2.33. The molecule has 1 amide bonds.